The molecule has 5 nitrogen and oxygen atoms in total. The van der Waals surface area contributed by atoms with E-state index >= 15 is 0 Å². The summed E-state index contributed by atoms with van der Waals surface area (Å²) in [6.45, 7) is 0.717. The van der Waals surface area contributed by atoms with Crippen LogP contribution in [0.4, 0.5) is 0 Å². The summed E-state index contributed by atoms with van der Waals surface area (Å²) < 4.78 is 16.7. The Hall–Kier alpha value is -2.27. The molecular weight excluding hydrogens is 284 g/mol. The molecule has 0 radical (unpaired) electrons. The van der Waals surface area contributed by atoms with Crippen molar-refractivity contribution in [1.82, 2.24) is 0 Å². The summed E-state index contributed by atoms with van der Waals surface area (Å²) in [5, 5.41) is 8.52. The lowest BCUT2D eigenvalue weighted by Crippen LogP contribution is -2.25. The summed E-state index contributed by atoms with van der Waals surface area (Å²) >= 11 is 0. The van der Waals surface area contributed by atoms with Gasteiger partial charge in [0.2, 0.25) is 0 Å². The zero-order valence-electron chi connectivity index (χ0n) is 12.5. The van der Waals surface area contributed by atoms with E-state index in [0.717, 1.165) is 30.9 Å². The van der Waals surface area contributed by atoms with Crippen LogP contribution >= 0.6 is 0 Å². The number of methoxy groups -OCH3 is 1. The van der Waals surface area contributed by atoms with Crippen LogP contribution in [0.2, 0.25) is 0 Å². The van der Waals surface area contributed by atoms with Gasteiger partial charge in [0.15, 0.2) is 23.6 Å². The molecule has 1 aliphatic heterocycles. The Bertz CT molecular complexity index is 556. The summed E-state index contributed by atoms with van der Waals surface area (Å²) in [5.41, 5.74) is 0.799. The predicted molar refractivity (Wildman–Crippen MR) is 83.0 cm³/mol. The van der Waals surface area contributed by atoms with Crippen molar-refractivity contribution in [1.29, 1.82) is 0 Å². The van der Waals surface area contributed by atoms with Crippen molar-refractivity contribution in [3.63, 3.8) is 0 Å². The molecule has 1 N–H and O–H groups in total. The second-order valence-electron chi connectivity index (χ2n) is 4.88. The van der Waals surface area contributed by atoms with Crippen LogP contribution in [0.3, 0.4) is 0 Å². The zero-order valence-corrected chi connectivity index (χ0v) is 12.5. The predicted octanol–water partition coefficient (Wildman–Crippen LogP) is 3.25. The van der Waals surface area contributed by atoms with Crippen molar-refractivity contribution in [3.8, 4) is 11.5 Å². The highest BCUT2D eigenvalue weighted by Crippen LogP contribution is 2.31. The van der Waals surface area contributed by atoms with Crippen LogP contribution in [-0.2, 0) is 9.53 Å². The van der Waals surface area contributed by atoms with Gasteiger partial charge in [0.25, 0.3) is 0 Å². The number of ketones is 1. The van der Waals surface area contributed by atoms with Gasteiger partial charge in [0.05, 0.1) is 20.0 Å². The number of carbonyl (C=O) groups is 1. The molecule has 1 aliphatic rings. The number of rotatable bonds is 6. The molecule has 1 aromatic carbocycles. The Kier molecular flexibility index (Phi) is 6.03. The molecule has 5 heteroatoms. The van der Waals surface area contributed by atoms with E-state index in [1.54, 1.807) is 25.3 Å². The Morgan fingerprint density at radius 3 is 2.86 bits per heavy atom. The lowest BCUT2D eigenvalue weighted by Gasteiger charge is -2.24. The number of allylic oxidation sites excluding steroid dienone is 2. The number of aliphatic hydroxyl groups excluding tert-OH is 1. The van der Waals surface area contributed by atoms with Crippen LogP contribution < -0.4 is 9.47 Å². The van der Waals surface area contributed by atoms with Crippen molar-refractivity contribution >= 4 is 11.9 Å². The van der Waals surface area contributed by atoms with E-state index in [1.165, 1.54) is 6.08 Å². The normalized spacial score (nSPS) is 18.7. The van der Waals surface area contributed by atoms with E-state index in [-0.39, 0.29) is 12.1 Å². The molecule has 0 aliphatic carbocycles. The Balaban J connectivity index is 2.08. The van der Waals surface area contributed by atoms with Crippen molar-refractivity contribution in [2.45, 2.75) is 25.6 Å². The monoisotopic (exact) mass is 304 g/mol. The van der Waals surface area contributed by atoms with Crippen molar-refractivity contribution in [2.75, 3.05) is 13.7 Å². The number of hydrogen-bond donors (Lipinski definition) is 1. The molecule has 22 heavy (non-hydrogen) atoms. The minimum absolute atomic E-state index is 0.236. The molecule has 0 aromatic heterocycles. The van der Waals surface area contributed by atoms with Gasteiger partial charge in [-0.3, -0.25) is 4.79 Å². The maximum atomic E-state index is 11.3. The fourth-order valence-corrected chi connectivity index (χ4v) is 2.14. The molecule has 1 saturated heterocycles. The fourth-order valence-electron chi connectivity index (χ4n) is 2.14. The molecular formula is C17H20O5. The molecule has 1 atom stereocenters. The quantitative estimate of drug-likeness (QED) is 0.645. The Labute approximate surface area is 129 Å². The molecule has 1 fully saturated rings. The summed E-state index contributed by atoms with van der Waals surface area (Å²) in [6.07, 6.45) is 7.59. The first-order chi connectivity index (χ1) is 10.7. The second-order valence-corrected chi connectivity index (χ2v) is 4.88. The molecule has 0 spiro atoms. The van der Waals surface area contributed by atoms with Crippen molar-refractivity contribution < 1.29 is 24.1 Å². The van der Waals surface area contributed by atoms with Gasteiger partial charge in [-0.2, -0.15) is 0 Å². The summed E-state index contributed by atoms with van der Waals surface area (Å²) in [6, 6.07) is 5.40. The number of ether oxygens (including phenoxy) is 3. The molecule has 0 bridgehead atoms. The van der Waals surface area contributed by atoms with E-state index in [1.807, 2.05) is 6.07 Å². The minimum atomic E-state index is -0.294. The highest BCUT2D eigenvalue weighted by atomic mass is 16.7. The average Bonchev–Trinajstić information content (AvgIpc) is 2.55. The van der Waals surface area contributed by atoms with Crippen LogP contribution in [-0.4, -0.2) is 30.9 Å². The van der Waals surface area contributed by atoms with Gasteiger partial charge in [0.1, 0.15) is 0 Å². The smallest absolute Gasteiger partial charge is 0.200 e. The third kappa shape index (κ3) is 4.63. The van der Waals surface area contributed by atoms with Crippen LogP contribution in [0.1, 0.15) is 24.8 Å². The fraction of sp³-hybridized carbons (Fsp3) is 0.353. The Morgan fingerprint density at radius 2 is 2.18 bits per heavy atom. The third-order valence-corrected chi connectivity index (χ3v) is 3.26. The molecule has 1 heterocycles. The zero-order chi connectivity index (χ0) is 15.8. The summed E-state index contributed by atoms with van der Waals surface area (Å²) in [5.74, 6) is 0.909. The van der Waals surface area contributed by atoms with E-state index in [9.17, 15) is 4.79 Å². The molecule has 0 saturated carbocycles. The molecule has 1 unspecified atom stereocenters. The molecule has 0 amide bonds. The van der Waals surface area contributed by atoms with Crippen molar-refractivity contribution in [2.24, 2.45) is 0 Å². The van der Waals surface area contributed by atoms with Crippen LogP contribution in [0, 0.1) is 0 Å². The standard InChI is InChI=1S/C17H20O5/c1-20-16-12-13(5-7-14(19)9-10-18)6-8-15(16)22-17-4-2-3-11-21-17/h5-10,12,17-18H,2-4,11H2,1H3/b7-5+,10-9?. The van der Waals surface area contributed by atoms with Crippen LogP contribution in [0.5, 0.6) is 11.5 Å². The number of benzene rings is 1. The van der Waals surface area contributed by atoms with Crippen LogP contribution in [0.15, 0.2) is 36.6 Å². The van der Waals surface area contributed by atoms with Gasteiger partial charge in [-0.1, -0.05) is 12.1 Å². The first-order valence-electron chi connectivity index (χ1n) is 7.22. The minimum Gasteiger partial charge on any atom is -0.515 e. The second kappa shape index (κ2) is 8.24. The Morgan fingerprint density at radius 1 is 1.32 bits per heavy atom. The molecule has 118 valence electrons. The van der Waals surface area contributed by atoms with Gasteiger partial charge < -0.3 is 19.3 Å². The van der Waals surface area contributed by atoms with Gasteiger partial charge in [-0.15, -0.1) is 0 Å². The lowest BCUT2D eigenvalue weighted by atomic mass is 10.1. The van der Waals surface area contributed by atoms with E-state index < -0.39 is 0 Å². The van der Waals surface area contributed by atoms with Gasteiger partial charge in [-0.25, -0.2) is 0 Å². The highest BCUT2D eigenvalue weighted by Gasteiger charge is 2.17. The van der Waals surface area contributed by atoms with Gasteiger partial charge in [0, 0.05) is 12.5 Å². The largest absolute Gasteiger partial charge is 0.515 e. The number of aliphatic hydroxyl groups is 1. The van der Waals surface area contributed by atoms with E-state index in [4.69, 9.17) is 19.3 Å². The highest BCUT2D eigenvalue weighted by molar-refractivity contribution is 6.01. The van der Waals surface area contributed by atoms with Gasteiger partial charge in [-0.05, 0) is 36.6 Å². The van der Waals surface area contributed by atoms with Crippen molar-refractivity contribution in [3.05, 3.63) is 42.2 Å². The number of hydrogen-bond acceptors (Lipinski definition) is 5. The first kappa shape index (κ1) is 16.1. The number of carbonyl (C=O) groups excluding carboxylic acids is 1. The van der Waals surface area contributed by atoms with E-state index in [0.29, 0.717) is 24.4 Å². The third-order valence-electron chi connectivity index (χ3n) is 3.26. The van der Waals surface area contributed by atoms with Gasteiger partial charge >= 0.3 is 0 Å². The first-order valence-corrected chi connectivity index (χ1v) is 7.22. The lowest BCUT2D eigenvalue weighted by molar-refractivity contribution is -0.110. The summed E-state index contributed by atoms with van der Waals surface area (Å²) in [4.78, 5) is 11.3. The SMILES string of the molecule is COc1cc(/C=C/C(=O)C=CO)ccc1OC1CCCCO1. The maximum absolute atomic E-state index is 11.3. The van der Waals surface area contributed by atoms with Crippen LogP contribution in [0.25, 0.3) is 6.08 Å². The average molecular weight is 304 g/mol. The molecule has 2 rings (SSSR count). The van der Waals surface area contributed by atoms with E-state index in [2.05, 4.69) is 0 Å². The summed E-state index contributed by atoms with van der Waals surface area (Å²) in [7, 11) is 1.57. The topological polar surface area (TPSA) is 65.0 Å². The molecule has 1 aromatic rings. The maximum Gasteiger partial charge on any atom is 0.200 e.